The average molecular weight is 305 g/mol. The van der Waals surface area contributed by atoms with Crippen LogP contribution in [0.1, 0.15) is 19.8 Å². The van der Waals surface area contributed by atoms with Crippen LogP contribution in [0.25, 0.3) is 0 Å². The van der Waals surface area contributed by atoms with Crippen LogP contribution in [-0.2, 0) is 28.6 Å². The molecule has 5 atom stereocenters. The van der Waals surface area contributed by atoms with Crippen molar-refractivity contribution in [2.24, 2.45) is 17.8 Å². The zero-order chi connectivity index (χ0) is 16.1. The van der Waals surface area contributed by atoms with Gasteiger partial charge in [0.05, 0.1) is 5.92 Å². The van der Waals surface area contributed by atoms with E-state index in [9.17, 15) is 19.6 Å². The van der Waals surface area contributed by atoms with Gasteiger partial charge in [0.2, 0.25) is 5.60 Å². The van der Waals surface area contributed by atoms with Crippen LogP contribution in [-0.4, -0.2) is 36.2 Å². The number of nitrogens with zero attached hydrogens (tertiary/aromatic N) is 1. The van der Waals surface area contributed by atoms with E-state index in [1.165, 1.54) is 6.92 Å². The molecule has 1 heterocycles. The summed E-state index contributed by atoms with van der Waals surface area (Å²) < 4.78 is 15.3. The van der Waals surface area contributed by atoms with Crippen molar-refractivity contribution in [3.8, 4) is 6.07 Å². The van der Waals surface area contributed by atoms with Gasteiger partial charge in [-0.05, 0) is 19.8 Å². The molecule has 2 bridgehead atoms. The van der Waals surface area contributed by atoms with Gasteiger partial charge < -0.3 is 14.2 Å². The average Bonchev–Trinajstić information content (AvgIpc) is 3.07. The summed E-state index contributed by atoms with van der Waals surface area (Å²) in [6.07, 6.45) is 0.408. The number of hydrogen-bond acceptors (Lipinski definition) is 7. The maximum atomic E-state index is 11.8. The highest BCUT2D eigenvalue weighted by molar-refractivity contribution is 5.88. The van der Waals surface area contributed by atoms with Gasteiger partial charge in [-0.25, -0.2) is 9.59 Å². The zero-order valence-electron chi connectivity index (χ0n) is 12.0. The fraction of sp³-hybridized carbons (Fsp3) is 0.600. The molecule has 3 rings (SSSR count). The van der Waals surface area contributed by atoms with Crippen LogP contribution < -0.4 is 0 Å². The zero-order valence-corrected chi connectivity index (χ0v) is 12.0. The molecule has 22 heavy (non-hydrogen) atoms. The lowest BCUT2D eigenvalue weighted by molar-refractivity contribution is -0.174. The van der Waals surface area contributed by atoms with Crippen LogP contribution in [0, 0.1) is 29.1 Å². The minimum atomic E-state index is -1.38. The summed E-state index contributed by atoms with van der Waals surface area (Å²) >= 11 is 0. The van der Waals surface area contributed by atoms with E-state index >= 15 is 0 Å². The van der Waals surface area contributed by atoms with E-state index in [1.807, 2.05) is 6.07 Å². The number of carbonyl (C=O) groups excluding carboxylic acids is 3. The van der Waals surface area contributed by atoms with Crippen molar-refractivity contribution in [1.29, 1.82) is 5.26 Å². The summed E-state index contributed by atoms with van der Waals surface area (Å²) in [6, 6.07) is 2.03. The number of carbonyl (C=O) groups is 3. The molecule has 0 aromatic heterocycles. The lowest BCUT2D eigenvalue weighted by Crippen LogP contribution is -2.48. The monoisotopic (exact) mass is 305 g/mol. The second kappa shape index (κ2) is 4.83. The van der Waals surface area contributed by atoms with Crippen LogP contribution in [0.4, 0.5) is 0 Å². The van der Waals surface area contributed by atoms with Crippen molar-refractivity contribution in [1.82, 2.24) is 0 Å². The Morgan fingerprint density at radius 1 is 1.50 bits per heavy atom. The van der Waals surface area contributed by atoms with Crippen molar-refractivity contribution in [2.75, 3.05) is 6.61 Å². The van der Waals surface area contributed by atoms with E-state index in [0.717, 1.165) is 0 Å². The highest BCUT2D eigenvalue weighted by Crippen LogP contribution is 2.61. The minimum Gasteiger partial charge on any atom is -0.454 e. The van der Waals surface area contributed by atoms with E-state index < -0.39 is 30.3 Å². The molecule has 2 aliphatic carbocycles. The Morgan fingerprint density at radius 3 is 2.86 bits per heavy atom. The summed E-state index contributed by atoms with van der Waals surface area (Å²) in [5, 5.41) is 9.44. The first-order chi connectivity index (χ1) is 10.4. The number of esters is 3. The highest BCUT2D eigenvalue weighted by Gasteiger charge is 2.73. The molecular weight excluding hydrogens is 290 g/mol. The molecule has 0 aromatic carbocycles. The second-order valence-corrected chi connectivity index (χ2v) is 6.04. The minimum absolute atomic E-state index is 0.0677. The molecule has 3 aliphatic rings. The number of ether oxygens (including phenoxy) is 3. The van der Waals surface area contributed by atoms with E-state index in [0.29, 0.717) is 12.8 Å². The van der Waals surface area contributed by atoms with Gasteiger partial charge in [0.15, 0.2) is 12.7 Å². The van der Waals surface area contributed by atoms with Crippen molar-refractivity contribution in [2.45, 2.75) is 31.5 Å². The molecule has 0 radical (unpaired) electrons. The van der Waals surface area contributed by atoms with Crippen molar-refractivity contribution in [3.05, 3.63) is 12.2 Å². The molecule has 116 valence electrons. The first-order valence-electron chi connectivity index (χ1n) is 7.05. The van der Waals surface area contributed by atoms with E-state index in [2.05, 4.69) is 6.58 Å². The van der Waals surface area contributed by atoms with Gasteiger partial charge >= 0.3 is 17.9 Å². The van der Waals surface area contributed by atoms with Gasteiger partial charge in [-0.3, -0.25) is 4.79 Å². The SMILES string of the molecule is C=C(C)C(=O)OCC(=O)OC1C2CC3C(=O)OC1(C#N)C3C2. The number of nitriles is 1. The molecule has 1 aliphatic heterocycles. The third kappa shape index (κ3) is 1.90. The van der Waals surface area contributed by atoms with Gasteiger partial charge in [-0.15, -0.1) is 0 Å². The molecule has 3 fully saturated rings. The lowest BCUT2D eigenvalue weighted by atomic mass is 9.79. The topological polar surface area (TPSA) is 103 Å². The molecular formula is C15H15NO6. The fourth-order valence-corrected chi connectivity index (χ4v) is 3.77. The molecule has 5 unspecified atom stereocenters. The highest BCUT2D eigenvalue weighted by atomic mass is 16.6. The Morgan fingerprint density at radius 2 is 2.23 bits per heavy atom. The summed E-state index contributed by atoms with van der Waals surface area (Å²) in [7, 11) is 0. The lowest BCUT2D eigenvalue weighted by Gasteiger charge is -2.31. The van der Waals surface area contributed by atoms with E-state index in [-0.39, 0.29) is 29.3 Å². The van der Waals surface area contributed by atoms with Gasteiger partial charge in [-0.2, -0.15) is 5.26 Å². The fourth-order valence-electron chi connectivity index (χ4n) is 3.77. The van der Waals surface area contributed by atoms with Crippen LogP contribution in [0.3, 0.4) is 0 Å². The van der Waals surface area contributed by atoms with Crippen LogP contribution >= 0.6 is 0 Å². The van der Waals surface area contributed by atoms with Gasteiger partial charge in [-0.1, -0.05) is 6.58 Å². The normalized spacial score (nSPS) is 37.4. The predicted molar refractivity (Wildman–Crippen MR) is 69.8 cm³/mol. The Hall–Kier alpha value is -2.36. The van der Waals surface area contributed by atoms with Crippen molar-refractivity contribution >= 4 is 17.9 Å². The van der Waals surface area contributed by atoms with Crippen LogP contribution in [0.15, 0.2) is 12.2 Å². The van der Waals surface area contributed by atoms with Crippen LogP contribution in [0.2, 0.25) is 0 Å². The Bertz CT molecular complexity index is 620. The van der Waals surface area contributed by atoms with E-state index in [4.69, 9.17) is 14.2 Å². The molecule has 0 N–H and O–H groups in total. The maximum absolute atomic E-state index is 11.8. The quantitative estimate of drug-likeness (QED) is 0.423. The number of rotatable bonds is 4. The molecule has 7 heteroatoms. The Labute approximate surface area is 126 Å². The van der Waals surface area contributed by atoms with Gasteiger partial charge in [0, 0.05) is 17.4 Å². The Kier molecular flexibility index (Phi) is 3.20. The molecule has 0 amide bonds. The molecule has 7 nitrogen and oxygen atoms in total. The second-order valence-electron chi connectivity index (χ2n) is 6.04. The summed E-state index contributed by atoms with van der Waals surface area (Å²) in [6.45, 7) is 4.31. The van der Waals surface area contributed by atoms with Crippen molar-refractivity contribution in [3.63, 3.8) is 0 Å². The predicted octanol–water partition coefficient (Wildman–Crippen LogP) is 0.493. The third-order valence-corrected chi connectivity index (χ3v) is 4.68. The summed E-state index contributed by atoms with van der Waals surface area (Å²) in [4.78, 5) is 34.9. The summed E-state index contributed by atoms with van der Waals surface area (Å²) in [5.41, 5.74) is -1.20. The molecule has 0 spiro atoms. The summed E-state index contributed by atoms with van der Waals surface area (Å²) in [5.74, 6) is -2.39. The maximum Gasteiger partial charge on any atom is 0.344 e. The molecule has 1 saturated heterocycles. The van der Waals surface area contributed by atoms with Crippen LogP contribution in [0.5, 0.6) is 0 Å². The molecule has 0 aromatic rings. The largest absolute Gasteiger partial charge is 0.454 e. The van der Waals surface area contributed by atoms with E-state index in [1.54, 1.807) is 0 Å². The van der Waals surface area contributed by atoms with Crippen molar-refractivity contribution < 1.29 is 28.6 Å². The Balaban J connectivity index is 1.67. The molecule has 2 saturated carbocycles. The smallest absolute Gasteiger partial charge is 0.344 e. The first kappa shape index (κ1) is 14.6. The number of hydrogen-bond donors (Lipinski definition) is 0. The van der Waals surface area contributed by atoms with Gasteiger partial charge in [0.25, 0.3) is 0 Å². The first-order valence-corrected chi connectivity index (χ1v) is 7.05. The standard InChI is InChI=1S/C15H15NO6/c1-7(2)13(18)20-5-11(17)21-12-8-3-9-10(4-8)15(12,6-16)22-14(9)19/h8-10,12H,1,3-5H2,2H3. The third-order valence-electron chi connectivity index (χ3n) is 4.68. The van der Waals surface area contributed by atoms with Gasteiger partial charge in [0.1, 0.15) is 6.07 Å². The number of fused-ring (bicyclic) bond motifs is 1.